The molecule has 40 heavy (non-hydrogen) atoms. The van der Waals surface area contributed by atoms with Crippen LogP contribution in [0.1, 0.15) is 71.7 Å². The van der Waals surface area contributed by atoms with E-state index in [0.29, 0.717) is 11.1 Å². The first-order valence-corrected chi connectivity index (χ1v) is 12.3. The van der Waals surface area contributed by atoms with Crippen LogP contribution in [0, 0.1) is 12.3 Å². The van der Waals surface area contributed by atoms with Crippen molar-refractivity contribution in [2.24, 2.45) is 5.41 Å². The Labute approximate surface area is 225 Å². The molecule has 3 aromatic carbocycles. The van der Waals surface area contributed by atoms with Gasteiger partial charge in [-0.25, -0.2) is 0 Å². The second kappa shape index (κ2) is 7.30. The summed E-state index contributed by atoms with van der Waals surface area (Å²) in [5, 5.41) is 75.3. The first-order chi connectivity index (χ1) is 18.9. The Kier molecular flexibility index (Phi) is 4.38. The average Bonchev–Trinajstić information content (AvgIpc) is 3.21. The molecule has 0 saturated carbocycles. The Morgan fingerprint density at radius 2 is 1.48 bits per heavy atom. The number of ketones is 3. The number of carbonyl (C=O) groups excluding carboxylic acids is 3. The van der Waals surface area contributed by atoms with Gasteiger partial charge in [0.1, 0.15) is 17.3 Å². The van der Waals surface area contributed by atoms with Crippen molar-refractivity contribution in [2.75, 3.05) is 0 Å². The van der Waals surface area contributed by atoms with E-state index in [1.165, 1.54) is 24.3 Å². The number of aromatic hydroxyl groups is 5. The predicted octanol–water partition coefficient (Wildman–Crippen LogP) is 3.08. The molecule has 0 bridgehead atoms. The van der Waals surface area contributed by atoms with Gasteiger partial charge in [-0.2, -0.15) is 0 Å². The molecule has 0 radical (unpaired) electrons. The first-order valence-electron chi connectivity index (χ1n) is 12.3. The van der Waals surface area contributed by atoms with E-state index in [-0.39, 0.29) is 40.0 Å². The van der Waals surface area contributed by atoms with Crippen molar-refractivity contribution >= 4 is 23.1 Å². The number of hydrogen-bond acceptors (Lipinski definition) is 10. The topological polar surface area (TPSA) is 193 Å². The summed E-state index contributed by atoms with van der Waals surface area (Å²) < 4.78 is 0. The minimum Gasteiger partial charge on any atom is -0.507 e. The fourth-order valence-corrected chi connectivity index (χ4v) is 7.12. The highest BCUT2D eigenvalue weighted by atomic mass is 16.3. The summed E-state index contributed by atoms with van der Waals surface area (Å²) in [6, 6.07) is 5.07. The molecule has 0 fully saturated rings. The van der Waals surface area contributed by atoms with Crippen LogP contribution in [0.2, 0.25) is 0 Å². The largest absolute Gasteiger partial charge is 0.507 e. The molecule has 0 aliphatic heterocycles. The fourth-order valence-electron chi connectivity index (χ4n) is 7.12. The molecule has 7 rings (SSSR count). The average molecular weight is 540 g/mol. The number of allylic oxidation sites excluding steroid dienone is 2. The van der Waals surface area contributed by atoms with Gasteiger partial charge >= 0.3 is 0 Å². The molecular formula is C30H20O10. The number of phenols is 5. The Balaban J connectivity index is 1.54. The van der Waals surface area contributed by atoms with Crippen molar-refractivity contribution in [1.82, 2.24) is 0 Å². The second-order valence-corrected chi connectivity index (χ2v) is 10.7. The SMILES string of the molecule is Cc1cc(O)c2c(c1)[C@@H](O)[C@@]13Cc4cc(O)c5c(c4[C@@H]1C=CC(=O)C3=C2O)C(=O)c1cc(O)c(O)c(O)c1C5=O. The van der Waals surface area contributed by atoms with Gasteiger partial charge in [0.25, 0.3) is 0 Å². The molecular weight excluding hydrogens is 520 g/mol. The Morgan fingerprint density at radius 3 is 2.20 bits per heavy atom. The van der Waals surface area contributed by atoms with E-state index in [2.05, 4.69) is 0 Å². The van der Waals surface area contributed by atoms with Gasteiger partial charge in [-0.15, -0.1) is 0 Å². The predicted molar refractivity (Wildman–Crippen MR) is 137 cm³/mol. The zero-order chi connectivity index (χ0) is 28.6. The number of phenolic OH excluding ortho intramolecular Hbond substituents is 5. The van der Waals surface area contributed by atoms with Crippen LogP contribution < -0.4 is 0 Å². The van der Waals surface area contributed by atoms with Crippen LogP contribution in [0.5, 0.6) is 28.7 Å². The summed E-state index contributed by atoms with van der Waals surface area (Å²) in [7, 11) is 0. The lowest BCUT2D eigenvalue weighted by Crippen LogP contribution is -2.43. The van der Waals surface area contributed by atoms with Crippen molar-refractivity contribution in [3.05, 3.63) is 92.1 Å². The smallest absolute Gasteiger partial charge is 0.202 e. The molecule has 3 atom stereocenters. The van der Waals surface area contributed by atoms with E-state index in [1.807, 2.05) is 0 Å². The highest BCUT2D eigenvalue weighted by Gasteiger charge is 2.61. The second-order valence-electron chi connectivity index (χ2n) is 10.7. The molecule has 0 amide bonds. The maximum atomic E-state index is 13.9. The van der Waals surface area contributed by atoms with Gasteiger partial charge in [0.2, 0.25) is 11.5 Å². The van der Waals surface area contributed by atoms with E-state index >= 15 is 0 Å². The van der Waals surface area contributed by atoms with Crippen molar-refractivity contribution in [1.29, 1.82) is 0 Å². The molecule has 3 aromatic rings. The Hall–Kier alpha value is -5.09. The van der Waals surface area contributed by atoms with Crippen LogP contribution in [-0.2, 0) is 11.2 Å². The lowest BCUT2D eigenvalue weighted by Gasteiger charge is -2.46. The number of carbonyl (C=O) groups is 3. The van der Waals surface area contributed by atoms with Crippen molar-refractivity contribution in [3.8, 4) is 28.7 Å². The van der Waals surface area contributed by atoms with E-state index in [4.69, 9.17) is 0 Å². The molecule has 200 valence electrons. The Bertz CT molecular complexity index is 1880. The number of aryl methyl sites for hydroxylation is 1. The molecule has 10 nitrogen and oxygen atoms in total. The molecule has 0 aromatic heterocycles. The highest BCUT2D eigenvalue weighted by Crippen LogP contribution is 2.66. The minimum absolute atomic E-state index is 0.0760. The monoisotopic (exact) mass is 540 g/mol. The highest BCUT2D eigenvalue weighted by molar-refractivity contribution is 6.31. The number of aliphatic hydroxyl groups is 2. The van der Waals surface area contributed by atoms with Crippen LogP contribution in [0.15, 0.2) is 42.0 Å². The van der Waals surface area contributed by atoms with E-state index in [1.54, 1.807) is 13.0 Å². The lowest BCUT2D eigenvalue weighted by atomic mass is 9.57. The van der Waals surface area contributed by atoms with Crippen LogP contribution in [0.25, 0.3) is 5.76 Å². The standard InChI is InChI=1S/C30H20O10/c1-9-4-12-19(15(32)5-9)27(38)23-14(31)3-2-13-18-10(8-30(13,23)29(12)40)6-16(33)21-22(18)24(35)11-7-17(34)25(36)28(39)20(11)26(21)37/h2-7,13,29,32-34,36,38-40H,8H2,1H3/t13-,29+,30-/m0/s1. The number of benzene rings is 3. The maximum Gasteiger partial charge on any atom is 0.202 e. The van der Waals surface area contributed by atoms with Crippen LogP contribution in [-0.4, -0.2) is 53.1 Å². The number of hydrogen-bond donors (Lipinski definition) is 7. The van der Waals surface area contributed by atoms with Gasteiger partial charge in [-0.1, -0.05) is 12.1 Å². The van der Waals surface area contributed by atoms with Crippen molar-refractivity contribution in [3.63, 3.8) is 0 Å². The third-order valence-electron chi connectivity index (χ3n) is 8.66. The molecule has 10 heteroatoms. The maximum absolute atomic E-state index is 13.9. The van der Waals surface area contributed by atoms with Crippen LogP contribution in [0.4, 0.5) is 0 Å². The van der Waals surface area contributed by atoms with Gasteiger partial charge in [-0.3, -0.25) is 14.4 Å². The molecule has 1 spiro atoms. The van der Waals surface area contributed by atoms with Crippen molar-refractivity contribution in [2.45, 2.75) is 25.4 Å². The van der Waals surface area contributed by atoms with E-state index in [9.17, 15) is 50.1 Å². The van der Waals surface area contributed by atoms with Gasteiger partial charge in [0.15, 0.2) is 23.1 Å². The molecule has 7 N–H and O–H groups in total. The summed E-state index contributed by atoms with van der Waals surface area (Å²) in [5.41, 5.74) is -2.11. The van der Waals surface area contributed by atoms with E-state index < -0.39 is 80.2 Å². The molecule has 0 heterocycles. The van der Waals surface area contributed by atoms with Gasteiger partial charge < -0.3 is 35.7 Å². The van der Waals surface area contributed by atoms with Gasteiger partial charge in [0.05, 0.1) is 28.4 Å². The summed E-state index contributed by atoms with van der Waals surface area (Å²) in [6.45, 7) is 1.69. The van der Waals surface area contributed by atoms with Crippen LogP contribution >= 0.6 is 0 Å². The summed E-state index contributed by atoms with van der Waals surface area (Å²) in [4.78, 5) is 40.7. The third-order valence-corrected chi connectivity index (χ3v) is 8.66. The zero-order valence-electron chi connectivity index (χ0n) is 20.7. The summed E-state index contributed by atoms with van der Waals surface area (Å²) >= 11 is 0. The van der Waals surface area contributed by atoms with Gasteiger partial charge in [0, 0.05) is 22.5 Å². The molecule has 0 saturated heterocycles. The van der Waals surface area contributed by atoms with Crippen molar-refractivity contribution < 1.29 is 50.1 Å². The van der Waals surface area contributed by atoms with Crippen LogP contribution in [0.3, 0.4) is 0 Å². The quantitative estimate of drug-likeness (QED) is 0.163. The number of rotatable bonds is 0. The lowest BCUT2D eigenvalue weighted by molar-refractivity contribution is -0.114. The summed E-state index contributed by atoms with van der Waals surface area (Å²) in [5.74, 6) is -7.61. The third kappa shape index (κ3) is 2.54. The zero-order valence-corrected chi connectivity index (χ0v) is 20.7. The minimum atomic E-state index is -1.55. The normalized spacial score (nSPS) is 23.8. The Morgan fingerprint density at radius 1 is 0.775 bits per heavy atom. The van der Waals surface area contributed by atoms with E-state index in [0.717, 1.165) is 6.07 Å². The number of aliphatic hydroxyl groups excluding tert-OH is 2. The number of fused-ring (bicyclic) bond motifs is 6. The van der Waals surface area contributed by atoms with Gasteiger partial charge in [-0.05, 0) is 59.9 Å². The summed E-state index contributed by atoms with van der Waals surface area (Å²) in [6.07, 6.45) is 1.10. The molecule has 0 unspecified atom stereocenters. The molecule has 4 aliphatic carbocycles. The first kappa shape index (κ1) is 24.0. The fraction of sp³-hybridized carbons (Fsp3) is 0.167. The molecule has 4 aliphatic rings.